The Morgan fingerprint density at radius 2 is 1.91 bits per heavy atom. The summed E-state index contributed by atoms with van der Waals surface area (Å²) in [6.45, 7) is 1.93. The van der Waals surface area contributed by atoms with E-state index in [1.807, 2.05) is 24.3 Å². The molecule has 5 aromatic rings. The van der Waals surface area contributed by atoms with Gasteiger partial charge in [-0.05, 0) is 13.0 Å². The van der Waals surface area contributed by atoms with E-state index in [9.17, 15) is 8.78 Å². The zero-order chi connectivity index (χ0) is 24.4. The molecule has 0 saturated carbocycles. The Balaban J connectivity index is 1.57. The molecule has 2 N–H and O–H groups in total. The van der Waals surface area contributed by atoms with Crippen LogP contribution in [0.3, 0.4) is 0 Å². The Hall–Kier alpha value is -4.54. The van der Waals surface area contributed by atoms with Crippen LogP contribution in [0.5, 0.6) is 11.5 Å². The summed E-state index contributed by atoms with van der Waals surface area (Å²) < 4.78 is 41.6. The first-order chi connectivity index (χ1) is 17.1. The molecule has 11 heteroatoms. The van der Waals surface area contributed by atoms with Crippen LogP contribution in [0.4, 0.5) is 20.3 Å². The van der Waals surface area contributed by atoms with Crippen LogP contribution in [-0.2, 0) is 6.54 Å². The molecule has 0 aliphatic rings. The topological polar surface area (TPSA) is 103 Å². The minimum Gasteiger partial charge on any atom is -0.494 e. The lowest BCUT2D eigenvalue weighted by molar-refractivity contribution is 0.335. The molecular weight excluding hydrogens is 456 g/mol. The molecule has 0 aliphatic carbocycles. The zero-order valence-electron chi connectivity index (χ0n) is 18.9. The Morgan fingerprint density at radius 1 is 1.11 bits per heavy atom. The van der Waals surface area contributed by atoms with Crippen LogP contribution in [0.15, 0.2) is 55.0 Å². The molecule has 0 saturated heterocycles. The van der Waals surface area contributed by atoms with Crippen LogP contribution in [0.25, 0.3) is 22.4 Å². The predicted octanol–water partition coefficient (Wildman–Crippen LogP) is 4.69. The fraction of sp³-hybridized carbons (Fsp3) is 0.167. The summed E-state index contributed by atoms with van der Waals surface area (Å²) in [5, 5.41) is 15.1. The van der Waals surface area contributed by atoms with E-state index in [0.717, 1.165) is 5.39 Å². The van der Waals surface area contributed by atoms with Crippen LogP contribution >= 0.6 is 0 Å². The average molecular weight is 477 g/mol. The minimum atomic E-state index is -0.707. The smallest absolute Gasteiger partial charge is 0.183 e. The van der Waals surface area contributed by atoms with Crippen molar-refractivity contribution < 1.29 is 18.3 Å². The van der Waals surface area contributed by atoms with Gasteiger partial charge >= 0.3 is 0 Å². The Labute approximate surface area is 198 Å². The van der Waals surface area contributed by atoms with Gasteiger partial charge in [-0.15, -0.1) is 0 Å². The Kier molecular flexibility index (Phi) is 5.96. The van der Waals surface area contributed by atoms with Crippen LogP contribution in [0, 0.1) is 11.6 Å². The molecule has 0 radical (unpaired) electrons. The number of hydrogen-bond donors (Lipinski definition) is 2. The third-order valence-corrected chi connectivity index (χ3v) is 5.34. The van der Waals surface area contributed by atoms with Crippen molar-refractivity contribution in [1.82, 2.24) is 29.9 Å². The maximum absolute atomic E-state index is 14.8. The lowest BCUT2D eigenvalue weighted by atomic mass is 10.1. The van der Waals surface area contributed by atoms with E-state index >= 15 is 0 Å². The summed E-state index contributed by atoms with van der Waals surface area (Å²) in [4.78, 5) is 9.00. The molecule has 0 fully saturated rings. The van der Waals surface area contributed by atoms with Crippen molar-refractivity contribution in [1.29, 1.82) is 0 Å². The fourth-order valence-corrected chi connectivity index (χ4v) is 3.72. The number of methoxy groups -OCH3 is 1. The second-order valence-electron chi connectivity index (χ2n) is 7.54. The number of hydrogen-bond acceptors (Lipinski definition) is 7. The number of benzene rings is 2. The molecule has 0 spiro atoms. The van der Waals surface area contributed by atoms with E-state index in [1.54, 1.807) is 19.3 Å². The lowest BCUT2D eigenvalue weighted by Crippen LogP contribution is -2.07. The number of H-pyrrole nitrogens is 1. The summed E-state index contributed by atoms with van der Waals surface area (Å²) in [5.41, 5.74) is 1.71. The third kappa shape index (κ3) is 4.35. The van der Waals surface area contributed by atoms with Gasteiger partial charge in [0.15, 0.2) is 17.4 Å². The molecule has 0 bridgehead atoms. The van der Waals surface area contributed by atoms with Gasteiger partial charge in [-0.1, -0.05) is 18.2 Å². The molecule has 9 nitrogen and oxygen atoms in total. The SMILES string of the molecule is CCOc1cc(F)c(Cn2nc(-c3ncc(OC)c(Nc4cn[nH]c4)n3)c3ccccc32)c(F)c1. The van der Waals surface area contributed by atoms with Gasteiger partial charge in [-0.2, -0.15) is 10.2 Å². The third-order valence-electron chi connectivity index (χ3n) is 5.34. The highest BCUT2D eigenvalue weighted by Crippen LogP contribution is 2.31. The molecule has 35 heavy (non-hydrogen) atoms. The average Bonchev–Trinajstić information content (AvgIpc) is 3.50. The lowest BCUT2D eigenvalue weighted by Gasteiger charge is -2.10. The maximum atomic E-state index is 14.8. The predicted molar refractivity (Wildman–Crippen MR) is 126 cm³/mol. The molecule has 3 aromatic heterocycles. The number of nitrogens with zero attached hydrogens (tertiary/aromatic N) is 5. The van der Waals surface area contributed by atoms with Gasteiger partial charge < -0.3 is 14.8 Å². The number of aromatic nitrogens is 6. The van der Waals surface area contributed by atoms with Gasteiger partial charge in [0.05, 0.1) is 43.9 Å². The first-order valence-electron chi connectivity index (χ1n) is 10.8. The number of aromatic amines is 1. The summed E-state index contributed by atoms with van der Waals surface area (Å²) in [7, 11) is 1.52. The highest BCUT2D eigenvalue weighted by Gasteiger charge is 2.20. The van der Waals surface area contributed by atoms with E-state index in [2.05, 4.69) is 30.6 Å². The summed E-state index contributed by atoms with van der Waals surface area (Å²) in [5.74, 6) is -0.108. The van der Waals surface area contributed by atoms with Gasteiger partial charge in [0.2, 0.25) is 0 Å². The van der Waals surface area contributed by atoms with Crippen LogP contribution in [0.1, 0.15) is 12.5 Å². The van der Waals surface area contributed by atoms with Gasteiger partial charge in [0.1, 0.15) is 23.1 Å². The van der Waals surface area contributed by atoms with E-state index in [1.165, 1.54) is 30.1 Å². The van der Waals surface area contributed by atoms with Crippen molar-refractivity contribution in [3.63, 3.8) is 0 Å². The Bertz CT molecular complexity index is 1460. The quantitative estimate of drug-likeness (QED) is 0.334. The van der Waals surface area contributed by atoms with Crippen molar-refractivity contribution in [2.45, 2.75) is 13.5 Å². The highest BCUT2D eigenvalue weighted by molar-refractivity contribution is 5.92. The van der Waals surface area contributed by atoms with Crippen molar-refractivity contribution >= 4 is 22.4 Å². The largest absolute Gasteiger partial charge is 0.494 e. The van der Waals surface area contributed by atoms with Crippen molar-refractivity contribution in [3.8, 4) is 23.0 Å². The molecule has 5 rings (SSSR count). The molecule has 0 amide bonds. The second-order valence-corrected chi connectivity index (χ2v) is 7.54. The van der Waals surface area contributed by atoms with Crippen molar-refractivity contribution in [2.24, 2.45) is 0 Å². The van der Waals surface area contributed by atoms with E-state index in [-0.39, 0.29) is 17.9 Å². The van der Waals surface area contributed by atoms with Crippen LogP contribution in [-0.4, -0.2) is 43.7 Å². The number of ether oxygens (including phenoxy) is 2. The van der Waals surface area contributed by atoms with E-state index < -0.39 is 11.6 Å². The minimum absolute atomic E-state index is 0.119. The highest BCUT2D eigenvalue weighted by atomic mass is 19.1. The number of para-hydroxylation sites is 1. The van der Waals surface area contributed by atoms with E-state index in [0.29, 0.717) is 40.9 Å². The normalized spacial score (nSPS) is 11.1. The molecule has 3 heterocycles. The van der Waals surface area contributed by atoms with Gasteiger partial charge in [0, 0.05) is 29.3 Å². The molecule has 0 aliphatic heterocycles. The molecular formula is C24H21F2N7O2. The standard InChI is InChI=1S/C24H21F2N7O2/c1-3-35-15-8-18(25)17(19(26)9-15)13-33-20-7-5-4-6-16(20)22(32-33)24-27-12-21(34-2)23(31-24)30-14-10-28-29-11-14/h4-12H,3,13H2,1-2H3,(H,28,29)(H,27,30,31). The fourth-order valence-electron chi connectivity index (χ4n) is 3.72. The first kappa shape index (κ1) is 22.3. The first-order valence-corrected chi connectivity index (χ1v) is 10.8. The number of fused-ring (bicyclic) bond motifs is 1. The summed E-state index contributed by atoms with van der Waals surface area (Å²) >= 11 is 0. The van der Waals surface area contributed by atoms with Crippen molar-refractivity contribution in [3.05, 3.63) is 72.2 Å². The van der Waals surface area contributed by atoms with E-state index in [4.69, 9.17) is 9.47 Å². The summed E-state index contributed by atoms with van der Waals surface area (Å²) in [6.07, 6.45) is 4.81. The second kappa shape index (κ2) is 9.37. The summed E-state index contributed by atoms with van der Waals surface area (Å²) in [6, 6.07) is 9.71. The number of anilines is 2. The van der Waals surface area contributed by atoms with Crippen LogP contribution < -0.4 is 14.8 Å². The molecule has 0 unspecified atom stereocenters. The van der Waals surface area contributed by atoms with Gasteiger partial charge in [-0.25, -0.2) is 18.7 Å². The molecule has 178 valence electrons. The van der Waals surface area contributed by atoms with Crippen LogP contribution in [0.2, 0.25) is 0 Å². The zero-order valence-corrected chi connectivity index (χ0v) is 18.9. The number of halogens is 2. The van der Waals surface area contributed by atoms with Crippen molar-refractivity contribution in [2.75, 3.05) is 19.0 Å². The molecule has 0 atom stereocenters. The number of rotatable bonds is 8. The molecule has 2 aromatic carbocycles. The maximum Gasteiger partial charge on any atom is 0.183 e. The Morgan fingerprint density at radius 3 is 2.63 bits per heavy atom. The van der Waals surface area contributed by atoms with Gasteiger partial charge in [-0.3, -0.25) is 9.78 Å². The monoisotopic (exact) mass is 477 g/mol. The van der Waals surface area contributed by atoms with Gasteiger partial charge in [0.25, 0.3) is 0 Å². The number of nitrogens with one attached hydrogen (secondary N) is 2.